The quantitative estimate of drug-likeness (QED) is 0.910. The zero-order valence-electron chi connectivity index (χ0n) is 11.0. The topological polar surface area (TPSA) is 34.1 Å². The number of ether oxygens (including phenoxy) is 1. The predicted molar refractivity (Wildman–Crippen MR) is 78.2 cm³/mol. The molecule has 1 aromatic carbocycles. The Morgan fingerprint density at radius 2 is 2.11 bits per heavy atom. The Morgan fingerprint density at radius 1 is 1.32 bits per heavy atom. The van der Waals surface area contributed by atoms with Gasteiger partial charge >= 0.3 is 0 Å². The molecular formula is C15H18N2OS. The Kier molecular flexibility index (Phi) is 3.92. The van der Waals surface area contributed by atoms with Crippen LogP contribution in [0.1, 0.15) is 17.8 Å². The van der Waals surface area contributed by atoms with Gasteiger partial charge < -0.3 is 10.1 Å². The minimum absolute atomic E-state index is 0.452. The van der Waals surface area contributed by atoms with Gasteiger partial charge in [0, 0.05) is 30.6 Å². The lowest BCUT2D eigenvalue weighted by Crippen LogP contribution is -2.44. The molecule has 1 aliphatic rings. The van der Waals surface area contributed by atoms with Crippen molar-refractivity contribution in [3.05, 3.63) is 40.7 Å². The molecule has 0 aliphatic heterocycles. The van der Waals surface area contributed by atoms with Crippen LogP contribution < -0.4 is 5.32 Å². The lowest BCUT2D eigenvalue weighted by Gasteiger charge is -2.34. The number of nitrogens with zero attached hydrogens (tertiary/aromatic N) is 1. The Bertz CT molecular complexity index is 520. The van der Waals surface area contributed by atoms with Gasteiger partial charge in [0.25, 0.3) is 0 Å². The SMILES string of the molecule is COC1CC(NCc2nc(-c3ccccc3)cs2)C1. The van der Waals surface area contributed by atoms with E-state index in [1.807, 2.05) is 18.2 Å². The maximum atomic E-state index is 5.28. The number of thiazole rings is 1. The fourth-order valence-corrected chi connectivity index (χ4v) is 3.04. The van der Waals surface area contributed by atoms with Crippen LogP contribution in [-0.2, 0) is 11.3 Å². The Labute approximate surface area is 117 Å². The Balaban J connectivity index is 1.54. The maximum absolute atomic E-state index is 5.28. The fraction of sp³-hybridized carbons (Fsp3) is 0.400. The third-order valence-corrected chi connectivity index (χ3v) is 4.44. The molecule has 3 nitrogen and oxygen atoms in total. The van der Waals surface area contributed by atoms with E-state index in [0.717, 1.165) is 30.1 Å². The molecule has 0 spiro atoms. The molecule has 2 aromatic rings. The van der Waals surface area contributed by atoms with Crippen LogP contribution in [0.5, 0.6) is 0 Å². The molecule has 1 aliphatic carbocycles. The summed E-state index contributed by atoms with van der Waals surface area (Å²) in [6.45, 7) is 0.860. The second-order valence-electron chi connectivity index (χ2n) is 4.90. The summed E-state index contributed by atoms with van der Waals surface area (Å²) in [5, 5.41) is 6.81. The van der Waals surface area contributed by atoms with Crippen molar-refractivity contribution in [2.24, 2.45) is 0 Å². The van der Waals surface area contributed by atoms with Crippen molar-refractivity contribution >= 4 is 11.3 Å². The third kappa shape index (κ3) is 3.03. The van der Waals surface area contributed by atoms with Crippen LogP contribution in [0.25, 0.3) is 11.3 Å². The van der Waals surface area contributed by atoms with Crippen LogP contribution in [0, 0.1) is 0 Å². The highest BCUT2D eigenvalue weighted by atomic mass is 32.1. The Morgan fingerprint density at radius 3 is 2.84 bits per heavy atom. The number of rotatable bonds is 5. The average molecular weight is 274 g/mol. The minimum atomic E-state index is 0.452. The molecular weight excluding hydrogens is 256 g/mol. The molecule has 1 N–H and O–H groups in total. The van der Waals surface area contributed by atoms with Gasteiger partial charge in [0.05, 0.1) is 11.8 Å². The normalized spacial score (nSPS) is 22.2. The molecule has 0 amide bonds. The number of hydrogen-bond donors (Lipinski definition) is 1. The Hall–Kier alpha value is -1.23. The van der Waals surface area contributed by atoms with E-state index >= 15 is 0 Å². The fourth-order valence-electron chi connectivity index (χ4n) is 2.29. The predicted octanol–water partition coefficient (Wildman–Crippen LogP) is 3.08. The van der Waals surface area contributed by atoms with Crippen LogP contribution in [0.2, 0.25) is 0 Å². The molecule has 4 heteroatoms. The van der Waals surface area contributed by atoms with Crippen molar-refractivity contribution < 1.29 is 4.74 Å². The summed E-state index contributed by atoms with van der Waals surface area (Å²) >= 11 is 1.72. The van der Waals surface area contributed by atoms with Crippen molar-refractivity contribution in [1.82, 2.24) is 10.3 Å². The molecule has 0 saturated heterocycles. The largest absolute Gasteiger partial charge is 0.381 e. The number of methoxy groups -OCH3 is 1. The van der Waals surface area contributed by atoms with E-state index in [0.29, 0.717) is 12.1 Å². The standard InChI is InChI=1S/C15H18N2OS/c1-18-13-7-12(8-13)16-9-15-17-14(10-19-15)11-5-3-2-4-6-11/h2-6,10,12-13,16H,7-9H2,1H3. The maximum Gasteiger partial charge on any atom is 0.107 e. The van der Waals surface area contributed by atoms with Gasteiger partial charge in [-0.3, -0.25) is 0 Å². The van der Waals surface area contributed by atoms with E-state index < -0.39 is 0 Å². The zero-order chi connectivity index (χ0) is 13.1. The second kappa shape index (κ2) is 5.82. The summed E-state index contributed by atoms with van der Waals surface area (Å²) in [5.74, 6) is 0. The van der Waals surface area contributed by atoms with E-state index in [1.165, 1.54) is 5.56 Å². The zero-order valence-corrected chi connectivity index (χ0v) is 11.8. The molecule has 3 rings (SSSR count). The first-order valence-corrected chi connectivity index (χ1v) is 7.49. The summed E-state index contributed by atoms with van der Waals surface area (Å²) in [4.78, 5) is 4.67. The van der Waals surface area contributed by atoms with E-state index in [9.17, 15) is 0 Å². The number of hydrogen-bond acceptors (Lipinski definition) is 4. The van der Waals surface area contributed by atoms with Gasteiger partial charge in [-0.25, -0.2) is 4.98 Å². The first-order valence-electron chi connectivity index (χ1n) is 6.61. The van der Waals surface area contributed by atoms with Crippen molar-refractivity contribution in [1.29, 1.82) is 0 Å². The van der Waals surface area contributed by atoms with E-state index in [4.69, 9.17) is 4.74 Å². The molecule has 1 heterocycles. The summed E-state index contributed by atoms with van der Waals surface area (Å²) in [6, 6.07) is 10.9. The van der Waals surface area contributed by atoms with Gasteiger partial charge in [0.1, 0.15) is 5.01 Å². The van der Waals surface area contributed by atoms with Gasteiger partial charge in [0.15, 0.2) is 0 Å². The van der Waals surface area contributed by atoms with E-state index in [2.05, 4.69) is 27.8 Å². The lowest BCUT2D eigenvalue weighted by molar-refractivity contribution is 0.0170. The first kappa shape index (κ1) is 12.8. The van der Waals surface area contributed by atoms with Crippen LogP contribution in [0.3, 0.4) is 0 Å². The monoisotopic (exact) mass is 274 g/mol. The van der Waals surface area contributed by atoms with Gasteiger partial charge in [-0.1, -0.05) is 30.3 Å². The highest BCUT2D eigenvalue weighted by Gasteiger charge is 2.28. The van der Waals surface area contributed by atoms with Gasteiger partial charge in [-0.2, -0.15) is 0 Å². The smallest absolute Gasteiger partial charge is 0.107 e. The van der Waals surface area contributed by atoms with E-state index in [1.54, 1.807) is 18.4 Å². The number of aromatic nitrogens is 1. The van der Waals surface area contributed by atoms with E-state index in [-0.39, 0.29) is 0 Å². The first-order chi connectivity index (χ1) is 9.35. The molecule has 19 heavy (non-hydrogen) atoms. The van der Waals surface area contributed by atoms with Crippen LogP contribution in [0.15, 0.2) is 35.7 Å². The summed E-state index contributed by atoms with van der Waals surface area (Å²) in [6.07, 6.45) is 2.69. The van der Waals surface area contributed by atoms with Crippen molar-refractivity contribution in [3.63, 3.8) is 0 Å². The van der Waals surface area contributed by atoms with Crippen LogP contribution in [-0.4, -0.2) is 24.2 Å². The second-order valence-corrected chi connectivity index (χ2v) is 5.84. The van der Waals surface area contributed by atoms with Crippen LogP contribution in [0.4, 0.5) is 0 Å². The van der Waals surface area contributed by atoms with Gasteiger partial charge in [0.2, 0.25) is 0 Å². The summed E-state index contributed by atoms with van der Waals surface area (Å²) < 4.78 is 5.28. The van der Waals surface area contributed by atoms with Crippen molar-refractivity contribution in [3.8, 4) is 11.3 Å². The van der Waals surface area contributed by atoms with Gasteiger partial charge in [-0.05, 0) is 12.8 Å². The highest BCUT2D eigenvalue weighted by molar-refractivity contribution is 7.09. The molecule has 0 bridgehead atoms. The average Bonchev–Trinajstić information content (AvgIpc) is 2.87. The minimum Gasteiger partial charge on any atom is -0.381 e. The highest BCUT2D eigenvalue weighted by Crippen LogP contribution is 2.24. The number of nitrogens with one attached hydrogen (secondary N) is 1. The molecule has 0 atom stereocenters. The van der Waals surface area contributed by atoms with Crippen molar-refractivity contribution in [2.45, 2.75) is 31.5 Å². The molecule has 100 valence electrons. The summed E-state index contributed by atoms with van der Waals surface area (Å²) in [5.41, 5.74) is 2.26. The molecule has 1 aromatic heterocycles. The lowest BCUT2D eigenvalue weighted by atomic mass is 9.89. The third-order valence-electron chi connectivity index (χ3n) is 3.59. The molecule has 0 unspecified atom stereocenters. The number of benzene rings is 1. The van der Waals surface area contributed by atoms with Crippen molar-refractivity contribution in [2.75, 3.05) is 7.11 Å². The molecule has 0 radical (unpaired) electrons. The van der Waals surface area contributed by atoms with Gasteiger partial charge in [-0.15, -0.1) is 11.3 Å². The molecule has 1 saturated carbocycles. The summed E-state index contributed by atoms with van der Waals surface area (Å²) in [7, 11) is 1.79. The van der Waals surface area contributed by atoms with Crippen LogP contribution >= 0.6 is 11.3 Å². The molecule has 1 fully saturated rings.